The second-order valence-corrected chi connectivity index (χ2v) is 8.02. The van der Waals surface area contributed by atoms with Gasteiger partial charge in [0.2, 0.25) is 0 Å². The summed E-state index contributed by atoms with van der Waals surface area (Å²) in [7, 11) is 0. The minimum atomic E-state index is -0.0128. The first-order chi connectivity index (χ1) is 8.90. The van der Waals surface area contributed by atoms with Gasteiger partial charge >= 0.3 is 0 Å². The molecule has 1 heterocycles. The number of alkyl halides is 1. The average molecular weight is 317 g/mol. The van der Waals surface area contributed by atoms with Crippen LogP contribution in [0.1, 0.15) is 45.0 Å². The van der Waals surface area contributed by atoms with Crippen LogP contribution in [-0.2, 0) is 9.74 Å². The van der Waals surface area contributed by atoms with Crippen molar-refractivity contribution < 1.29 is 0 Å². The highest BCUT2D eigenvalue weighted by Crippen LogP contribution is 2.72. The Bertz CT molecular complexity index is 650. The molecule has 0 amide bonds. The molecule has 1 aromatic heterocycles. The molecule has 2 atom stereocenters. The van der Waals surface area contributed by atoms with Crippen LogP contribution in [0.25, 0.3) is 11.0 Å². The zero-order valence-corrected chi connectivity index (χ0v) is 13.1. The van der Waals surface area contributed by atoms with Gasteiger partial charge < -0.3 is 0 Å². The molecule has 0 aliphatic heterocycles. The van der Waals surface area contributed by atoms with Crippen LogP contribution in [0.3, 0.4) is 0 Å². The van der Waals surface area contributed by atoms with Crippen LogP contribution in [0.15, 0.2) is 24.3 Å². The van der Waals surface area contributed by atoms with Gasteiger partial charge in [-0.3, -0.25) is 0 Å². The number of hydrogen-bond donors (Lipinski definition) is 0. The van der Waals surface area contributed by atoms with E-state index in [4.69, 9.17) is 9.97 Å². The summed E-state index contributed by atoms with van der Waals surface area (Å²) in [5.41, 5.74) is 4.68. The maximum absolute atomic E-state index is 4.96. The Morgan fingerprint density at radius 1 is 0.947 bits per heavy atom. The minimum absolute atomic E-state index is 0.0128. The second kappa shape index (κ2) is 3.20. The van der Waals surface area contributed by atoms with Gasteiger partial charge in [0, 0.05) is 5.41 Å². The van der Waals surface area contributed by atoms with Gasteiger partial charge in [-0.2, -0.15) is 0 Å². The van der Waals surface area contributed by atoms with Gasteiger partial charge in [0.15, 0.2) is 0 Å². The summed E-state index contributed by atoms with van der Waals surface area (Å²) >= 11 is 4.03. The molecule has 0 N–H and O–H groups in total. The number of para-hydroxylation sites is 2. The lowest BCUT2D eigenvalue weighted by Crippen LogP contribution is -2.36. The summed E-state index contributed by atoms with van der Waals surface area (Å²) in [6.45, 7) is 7.05. The maximum Gasteiger partial charge on any atom is 0.0891 e. The normalized spacial score (nSPS) is 34.7. The van der Waals surface area contributed by atoms with Gasteiger partial charge in [-0.05, 0) is 30.4 Å². The third-order valence-electron chi connectivity index (χ3n) is 5.81. The van der Waals surface area contributed by atoms with Crippen LogP contribution in [0, 0.1) is 5.41 Å². The van der Waals surface area contributed by atoms with E-state index < -0.39 is 0 Å². The van der Waals surface area contributed by atoms with E-state index in [1.807, 2.05) is 12.1 Å². The molecular formula is C16H17BrN2. The monoisotopic (exact) mass is 316 g/mol. The number of halogens is 1. The van der Waals surface area contributed by atoms with Crippen molar-refractivity contribution in [2.24, 2.45) is 5.41 Å². The van der Waals surface area contributed by atoms with Crippen LogP contribution in [0.4, 0.5) is 0 Å². The summed E-state index contributed by atoms with van der Waals surface area (Å²) in [6, 6.07) is 8.19. The number of nitrogens with zero attached hydrogens (tertiary/aromatic N) is 2. The first-order valence-corrected chi connectivity index (χ1v) is 7.66. The fourth-order valence-electron chi connectivity index (χ4n) is 3.97. The van der Waals surface area contributed by atoms with Crippen LogP contribution >= 0.6 is 15.9 Å². The molecule has 0 unspecified atom stereocenters. The molecule has 2 bridgehead atoms. The lowest BCUT2D eigenvalue weighted by atomic mass is 9.70. The van der Waals surface area contributed by atoms with Gasteiger partial charge in [0.1, 0.15) is 0 Å². The number of fused-ring (bicyclic) bond motifs is 6. The number of hydrogen-bond acceptors (Lipinski definition) is 2. The molecule has 3 heteroatoms. The lowest BCUT2D eigenvalue weighted by Gasteiger charge is -2.37. The fourth-order valence-corrected chi connectivity index (χ4v) is 4.89. The Hall–Kier alpha value is -0.960. The smallest absolute Gasteiger partial charge is 0.0891 e. The zero-order valence-electron chi connectivity index (χ0n) is 11.5. The Morgan fingerprint density at radius 3 is 2.16 bits per heavy atom. The van der Waals surface area contributed by atoms with E-state index >= 15 is 0 Å². The molecule has 2 aliphatic rings. The van der Waals surface area contributed by atoms with E-state index in [0.29, 0.717) is 0 Å². The molecule has 1 fully saturated rings. The highest BCUT2D eigenvalue weighted by atomic mass is 79.9. The van der Waals surface area contributed by atoms with Crippen molar-refractivity contribution in [1.29, 1.82) is 0 Å². The van der Waals surface area contributed by atoms with Gasteiger partial charge in [0.05, 0.1) is 26.7 Å². The molecule has 0 spiro atoms. The number of rotatable bonds is 0. The first kappa shape index (κ1) is 11.8. The number of aromatic nitrogens is 2. The van der Waals surface area contributed by atoms with Crippen LogP contribution in [0.2, 0.25) is 0 Å². The Labute approximate surface area is 121 Å². The standard InChI is InChI=1S/C16H17BrN2/c1-14(2)15(3)8-9-16(14,17)13-12(15)18-10-6-4-5-7-11(10)19-13/h4-7H,8-9H2,1-3H3/t15-,16-/m0/s1. The van der Waals surface area contributed by atoms with Crippen molar-refractivity contribution in [3.8, 4) is 0 Å². The number of benzene rings is 1. The Morgan fingerprint density at radius 2 is 1.53 bits per heavy atom. The summed E-state index contributed by atoms with van der Waals surface area (Å²) in [5, 5.41) is 0. The van der Waals surface area contributed by atoms with E-state index in [1.165, 1.54) is 17.8 Å². The van der Waals surface area contributed by atoms with Crippen molar-refractivity contribution in [2.75, 3.05) is 0 Å². The molecule has 2 nitrogen and oxygen atoms in total. The Kier molecular flexibility index (Phi) is 1.99. The molecule has 4 rings (SSSR count). The third-order valence-corrected chi connectivity index (χ3v) is 7.57. The van der Waals surface area contributed by atoms with E-state index in [9.17, 15) is 0 Å². The van der Waals surface area contributed by atoms with E-state index in [-0.39, 0.29) is 15.2 Å². The predicted octanol–water partition coefficient (Wildman–Crippen LogP) is 4.31. The second-order valence-electron chi connectivity index (χ2n) is 6.67. The minimum Gasteiger partial charge on any atom is -0.249 e. The van der Waals surface area contributed by atoms with Crippen LogP contribution in [-0.4, -0.2) is 9.97 Å². The SMILES string of the molecule is CC1(C)[C@@]2(C)CC[C@]1(Br)c1nc3ccccc3nc12. The fraction of sp³-hybridized carbons (Fsp3) is 0.500. The molecule has 2 aromatic rings. The van der Waals surface area contributed by atoms with Crippen molar-refractivity contribution in [1.82, 2.24) is 9.97 Å². The van der Waals surface area contributed by atoms with Crippen molar-refractivity contribution in [3.05, 3.63) is 35.7 Å². The first-order valence-electron chi connectivity index (χ1n) is 6.87. The largest absolute Gasteiger partial charge is 0.249 e. The van der Waals surface area contributed by atoms with E-state index in [2.05, 4.69) is 48.8 Å². The third kappa shape index (κ3) is 1.11. The van der Waals surface area contributed by atoms with Gasteiger partial charge in [0.25, 0.3) is 0 Å². The highest BCUT2D eigenvalue weighted by Gasteiger charge is 2.69. The maximum atomic E-state index is 4.96. The van der Waals surface area contributed by atoms with Crippen LogP contribution < -0.4 is 0 Å². The molecule has 1 saturated carbocycles. The predicted molar refractivity (Wildman–Crippen MR) is 80.5 cm³/mol. The summed E-state index contributed by atoms with van der Waals surface area (Å²) in [4.78, 5) is 9.90. The molecule has 2 aliphatic carbocycles. The van der Waals surface area contributed by atoms with Gasteiger partial charge in [-0.1, -0.05) is 48.8 Å². The summed E-state index contributed by atoms with van der Waals surface area (Å²) in [6.07, 6.45) is 2.34. The topological polar surface area (TPSA) is 25.8 Å². The van der Waals surface area contributed by atoms with Gasteiger partial charge in [-0.25, -0.2) is 9.97 Å². The van der Waals surface area contributed by atoms with Crippen LogP contribution in [0.5, 0.6) is 0 Å². The lowest BCUT2D eigenvalue weighted by molar-refractivity contribution is 0.215. The molecule has 0 radical (unpaired) electrons. The molecule has 19 heavy (non-hydrogen) atoms. The zero-order chi connectivity index (χ0) is 13.5. The van der Waals surface area contributed by atoms with Gasteiger partial charge in [-0.15, -0.1) is 0 Å². The highest BCUT2D eigenvalue weighted by molar-refractivity contribution is 9.09. The van der Waals surface area contributed by atoms with Crippen molar-refractivity contribution in [3.63, 3.8) is 0 Å². The Balaban J connectivity index is 2.13. The summed E-state index contributed by atoms with van der Waals surface area (Å²) < 4.78 is -0.0128. The molecular weight excluding hydrogens is 300 g/mol. The quantitative estimate of drug-likeness (QED) is 0.677. The van der Waals surface area contributed by atoms with Crippen molar-refractivity contribution in [2.45, 2.75) is 43.4 Å². The molecule has 0 saturated heterocycles. The van der Waals surface area contributed by atoms with E-state index in [0.717, 1.165) is 17.5 Å². The van der Waals surface area contributed by atoms with E-state index in [1.54, 1.807) is 0 Å². The summed E-state index contributed by atoms with van der Waals surface area (Å²) in [5.74, 6) is 0. The molecule has 98 valence electrons. The average Bonchev–Trinajstić information content (AvgIpc) is 2.65. The molecule has 1 aromatic carbocycles. The van der Waals surface area contributed by atoms with Crippen molar-refractivity contribution >= 4 is 27.0 Å².